The van der Waals surface area contributed by atoms with Gasteiger partial charge in [-0.3, -0.25) is 4.79 Å². The summed E-state index contributed by atoms with van der Waals surface area (Å²) in [4.78, 5) is 11.5. The van der Waals surface area contributed by atoms with Crippen LogP contribution >= 0.6 is 11.6 Å². The molecule has 0 saturated carbocycles. The van der Waals surface area contributed by atoms with Crippen molar-refractivity contribution in [2.75, 3.05) is 0 Å². The quantitative estimate of drug-likeness (QED) is 0.887. The topological polar surface area (TPSA) is 63.3 Å². The van der Waals surface area contributed by atoms with E-state index in [1.165, 1.54) is 6.07 Å². The van der Waals surface area contributed by atoms with Crippen LogP contribution in [0.25, 0.3) is 0 Å². The number of carbonyl (C=O) groups is 1. The average molecular weight is 320 g/mol. The predicted octanol–water partition coefficient (Wildman–Crippen LogP) is 3.67. The van der Waals surface area contributed by atoms with Crippen molar-refractivity contribution in [3.8, 4) is 5.75 Å². The number of fused-ring (bicyclic) bond motifs is 1. The fraction of sp³-hybridized carbons (Fsp3) is 0.235. The Bertz CT molecular complexity index is 789. The van der Waals surface area contributed by atoms with Crippen LogP contribution in [0.2, 0.25) is 5.02 Å². The van der Waals surface area contributed by atoms with Crippen LogP contribution in [0.15, 0.2) is 24.3 Å². The van der Waals surface area contributed by atoms with Gasteiger partial charge >= 0.3 is 0 Å². The SMILES string of the molecule is Cc1cc(C(N)=O)c(O)c([C@@H]2CCc3c(F)cc(Cl)cc32)c1. The molecule has 0 unspecified atom stereocenters. The van der Waals surface area contributed by atoms with Crippen molar-refractivity contribution in [3.63, 3.8) is 0 Å². The number of amides is 1. The van der Waals surface area contributed by atoms with Crippen LogP contribution in [0.5, 0.6) is 5.75 Å². The monoisotopic (exact) mass is 319 g/mol. The second-order valence-electron chi connectivity index (χ2n) is 5.66. The molecule has 3 N–H and O–H groups in total. The van der Waals surface area contributed by atoms with E-state index in [1.54, 1.807) is 18.2 Å². The first-order valence-electron chi connectivity index (χ1n) is 6.99. The smallest absolute Gasteiger partial charge is 0.252 e. The van der Waals surface area contributed by atoms with Gasteiger partial charge in [0.15, 0.2) is 0 Å². The first-order chi connectivity index (χ1) is 10.4. The first-order valence-corrected chi connectivity index (χ1v) is 7.37. The summed E-state index contributed by atoms with van der Waals surface area (Å²) in [7, 11) is 0. The van der Waals surface area contributed by atoms with E-state index in [-0.39, 0.29) is 23.0 Å². The molecule has 1 atom stereocenters. The van der Waals surface area contributed by atoms with Crippen molar-refractivity contribution >= 4 is 17.5 Å². The lowest BCUT2D eigenvalue weighted by molar-refractivity contribution is 0.0997. The van der Waals surface area contributed by atoms with E-state index in [1.807, 2.05) is 6.92 Å². The minimum Gasteiger partial charge on any atom is -0.507 e. The van der Waals surface area contributed by atoms with Gasteiger partial charge in [0.1, 0.15) is 11.6 Å². The molecular weight excluding hydrogens is 305 g/mol. The van der Waals surface area contributed by atoms with Crippen molar-refractivity contribution < 1.29 is 14.3 Å². The molecule has 0 spiro atoms. The molecular formula is C17H15ClFNO2. The second kappa shape index (κ2) is 5.29. The molecule has 1 aliphatic rings. The van der Waals surface area contributed by atoms with Crippen molar-refractivity contribution in [2.45, 2.75) is 25.7 Å². The molecule has 22 heavy (non-hydrogen) atoms. The van der Waals surface area contributed by atoms with Crippen LogP contribution in [0.1, 0.15) is 45.0 Å². The Morgan fingerprint density at radius 1 is 1.32 bits per heavy atom. The molecule has 3 nitrogen and oxygen atoms in total. The maximum absolute atomic E-state index is 14.0. The van der Waals surface area contributed by atoms with Gasteiger partial charge in [-0.2, -0.15) is 0 Å². The van der Waals surface area contributed by atoms with E-state index in [0.29, 0.717) is 29.0 Å². The Morgan fingerprint density at radius 3 is 2.73 bits per heavy atom. The van der Waals surface area contributed by atoms with E-state index in [0.717, 1.165) is 11.1 Å². The van der Waals surface area contributed by atoms with Gasteiger partial charge in [-0.1, -0.05) is 17.7 Å². The van der Waals surface area contributed by atoms with E-state index in [4.69, 9.17) is 17.3 Å². The minimum absolute atomic E-state index is 0.0888. The van der Waals surface area contributed by atoms with E-state index in [9.17, 15) is 14.3 Å². The van der Waals surface area contributed by atoms with Gasteiger partial charge in [-0.05, 0) is 54.7 Å². The summed E-state index contributed by atoms with van der Waals surface area (Å²) >= 11 is 5.96. The van der Waals surface area contributed by atoms with Crippen molar-refractivity contribution in [3.05, 3.63) is 62.9 Å². The highest BCUT2D eigenvalue weighted by Crippen LogP contribution is 2.44. The highest BCUT2D eigenvalue weighted by atomic mass is 35.5. The third kappa shape index (κ3) is 2.33. The van der Waals surface area contributed by atoms with Gasteiger partial charge in [0.25, 0.3) is 5.91 Å². The standard InChI is InChI=1S/C17H15ClFNO2/c1-8-4-13(16(21)14(5-8)17(20)22)10-2-3-11-12(10)6-9(18)7-15(11)19/h4-7,10,21H,2-3H2,1H3,(H2,20,22)/t10-/m1/s1. The highest BCUT2D eigenvalue weighted by molar-refractivity contribution is 6.30. The maximum atomic E-state index is 14.0. The molecule has 1 aliphatic carbocycles. The molecule has 0 bridgehead atoms. The summed E-state index contributed by atoms with van der Waals surface area (Å²) in [6.45, 7) is 1.82. The van der Waals surface area contributed by atoms with E-state index in [2.05, 4.69) is 0 Å². The molecule has 2 aromatic carbocycles. The average Bonchev–Trinajstić information content (AvgIpc) is 2.84. The molecule has 0 radical (unpaired) electrons. The molecule has 2 aromatic rings. The van der Waals surface area contributed by atoms with E-state index < -0.39 is 5.91 Å². The number of aryl methyl sites for hydroxylation is 1. The first kappa shape index (κ1) is 14.9. The molecule has 3 rings (SSSR count). The van der Waals surface area contributed by atoms with Gasteiger partial charge < -0.3 is 10.8 Å². The predicted molar refractivity (Wildman–Crippen MR) is 82.9 cm³/mol. The lowest BCUT2D eigenvalue weighted by Crippen LogP contribution is -2.13. The van der Waals surface area contributed by atoms with Gasteiger partial charge in [0.05, 0.1) is 5.56 Å². The summed E-state index contributed by atoms with van der Waals surface area (Å²) in [5, 5.41) is 10.7. The third-order valence-electron chi connectivity index (χ3n) is 4.18. The summed E-state index contributed by atoms with van der Waals surface area (Å²) in [5.74, 6) is -1.33. The van der Waals surface area contributed by atoms with Crippen LogP contribution in [0, 0.1) is 12.7 Å². The number of nitrogens with two attached hydrogens (primary N) is 1. The summed E-state index contributed by atoms with van der Waals surface area (Å²) in [6, 6.07) is 6.38. The number of rotatable bonds is 2. The van der Waals surface area contributed by atoms with Crippen molar-refractivity contribution in [2.24, 2.45) is 5.73 Å². The summed E-state index contributed by atoms with van der Waals surface area (Å²) < 4.78 is 14.0. The Balaban J connectivity index is 2.18. The maximum Gasteiger partial charge on any atom is 0.252 e. The van der Waals surface area contributed by atoms with Crippen LogP contribution in [0.4, 0.5) is 4.39 Å². The number of carbonyl (C=O) groups excluding carboxylic acids is 1. The van der Waals surface area contributed by atoms with Gasteiger partial charge in [-0.25, -0.2) is 4.39 Å². The molecule has 0 fully saturated rings. The van der Waals surface area contributed by atoms with Gasteiger partial charge in [0, 0.05) is 16.5 Å². The molecule has 0 heterocycles. The third-order valence-corrected chi connectivity index (χ3v) is 4.40. The number of primary amides is 1. The molecule has 114 valence electrons. The minimum atomic E-state index is -0.682. The Labute approximate surface area is 132 Å². The molecule has 0 saturated heterocycles. The van der Waals surface area contributed by atoms with Crippen molar-refractivity contribution in [1.82, 2.24) is 0 Å². The van der Waals surface area contributed by atoms with Gasteiger partial charge in [0.2, 0.25) is 0 Å². The Morgan fingerprint density at radius 2 is 2.05 bits per heavy atom. The molecule has 1 amide bonds. The van der Waals surface area contributed by atoms with Gasteiger partial charge in [-0.15, -0.1) is 0 Å². The Kier molecular flexibility index (Phi) is 3.57. The van der Waals surface area contributed by atoms with Crippen LogP contribution in [-0.2, 0) is 6.42 Å². The van der Waals surface area contributed by atoms with Crippen LogP contribution < -0.4 is 5.73 Å². The van der Waals surface area contributed by atoms with E-state index >= 15 is 0 Å². The highest BCUT2D eigenvalue weighted by Gasteiger charge is 2.30. The fourth-order valence-corrected chi connectivity index (χ4v) is 3.44. The summed E-state index contributed by atoms with van der Waals surface area (Å²) in [5.41, 5.74) is 8.20. The van der Waals surface area contributed by atoms with Crippen LogP contribution in [-0.4, -0.2) is 11.0 Å². The zero-order valence-corrected chi connectivity index (χ0v) is 12.7. The van der Waals surface area contributed by atoms with Crippen molar-refractivity contribution in [1.29, 1.82) is 0 Å². The molecule has 5 heteroatoms. The molecule has 0 aromatic heterocycles. The Hall–Kier alpha value is -2.07. The number of hydrogen-bond donors (Lipinski definition) is 2. The largest absolute Gasteiger partial charge is 0.507 e. The number of benzene rings is 2. The molecule has 0 aliphatic heterocycles. The van der Waals surface area contributed by atoms with Crippen LogP contribution in [0.3, 0.4) is 0 Å². The zero-order valence-electron chi connectivity index (χ0n) is 12.0. The lowest BCUT2D eigenvalue weighted by atomic mass is 9.89. The number of aromatic hydroxyl groups is 1. The fourth-order valence-electron chi connectivity index (χ4n) is 3.23. The number of phenols is 1. The number of hydrogen-bond acceptors (Lipinski definition) is 2. The number of halogens is 2. The summed E-state index contributed by atoms with van der Waals surface area (Å²) in [6.07, 6.45) is 1.23. The zero-order chi connectivity index (χ0) is 16.0. The normalized spacial score (nSPS) is 16.6. The lowest BCUT2D eigenvalue weighted by Gasteiger charge is -2.17. The second-order valence-corrected chi connectivity index (χ2v) is 6.10.